The van der Waals surface area contributed by atoms with Crippen LogP contribution in [-0.2, 0) is 11.2 Å². The summed E-state index contributed by atoms with van der Waals surface area (Å²) in [5.74, 6) is 0.771. The monoisotopic (exact) mass is 351 g/mol. The summed E-state index contributed by atoms with van der Waals surface area (Å²) in [5.41, 5.74) is 3.06. The van der Waals surface area contributed by atoms with E-state index in [-0.39, 0.29) is 11.9 Å². The lowest BCUT2D eigenvalue weighted by molar-refractivity contribution is -0.122. The molecule has 0 radical (unpaired) electrons. The van der Waals surface area contributed by atoms with E-state index in [0.29, 0.717) is 11.6 Å². The lowest BCUT2D eigenvalue weighted by Crippen LogP contribution is -2.30. The van der Waals surface area contributed by atoms with Crippen molar-refractivity contribution in [1.29, 1.82) is 0 Å². The smallest absolute Gasteiger partial charge is 0.270 e. The molecule has 3 rings (SSSR count). The van der Waals surface area contributed by atoms with E-state index >= 15 is 0 Å². The van der Waals surface area contributed by atoms with Gasteiger partial charge in [0.15, 0.2) is 6.10 Å². The van der Waals surface area contributed by atoms with E-state index in [4.69, 9.17) is 9.26 Å². The van der Waals surface area contributed by atoms with Crippen LogP contribution in [0.1, 0.15) is 25.0 Å². The first kappa shape index (κ1) is 17.7. The summed E-state index contributed by atoms with van der Waals surface area (Å²) >= 11 is 0. The Labute approximate surface area is 152 Å². The Morgan fingerprint density at radius 1 is 1.19 bits per heavy atom. The van der Waals surface area contributed by atoms with Gasteiger partial charge in [0.2, 0.25) is 0 Å². The molecule has 1 heterocycles. The predicted octanol–water partition coefficient (Wildman–Crippen LogP) is 4.01. The summed E-state index contributed by atoms with van der Waals surface area (Å²) in [4.78, 5) is 16.5. The van der Waals surface area contributed by atoms with Crippen molar-refractivity contribution in [1.82, 2.24) is 10.1 Å². The van der Waals surface area contributed by atoms with Gasteiger partial charge in [0.1, 0.15) is 5.75 Å². The molecule has 1 aromatic heterocycles. The van der Waals surface area contributed by atoms with Crippen LogP contribution < -0.4 is 10.1 Å². The SMILES string of the molecule is CCc1ccc(OC(C)C(=O)Nc2noc(-c3ccccc3C)n2)cc1. The molecule has 6 heteroatoms. The molecule has 0 aliphatic rings. The molecule has 2 aromatic carbocycles. The number of hydrogen-bond donors (Lipinski definition) is 1. The lowest BCUT2D eigenvalue weighted by atomic mass is 10.1. The maximum absolute atomic E-state index is 12.3. The fourth-order valence-electron chi connectivity index (χ4n) is 2.47. The third-order valence-electron chi connectivity index (χ3n) is 4.05. The Kier molecular flexibility index (Phi) is 5.31. The third kappa shape index (κ3) is 4.08. The minimum atomic E-state index is -0.692. The number of amides is 1. The number of carbonyl (C=O) groups is 1. The van der Waals surface area contributed by atoms with Gasteiger partial charge in [0.25, 0.3) is 17.7 Å². The second-order valence-electron chi connectivity index (χ2n) is 5.98. The average Bonchev–Trinajstić information content (AvgIpc) is 3.11. The van der Waals surface area contributed by atoms with Crippen molar-refractivity contribution in [2.45, 2.75) is 33.3 Å². The van der Waals surface area contributed by atoms with Crippen molar-refractivity contribution in [2.75, 3.05) is 5.32 Å². The number of carbonyl (C=O) groups excluding carboxylic acids is 1. The van der Waals surface area contributed by atoms with Gasteiger partial charge in [0.05, 0.1) is 0 Å². The summed E-state index contributed by atoms with van der Waals surface area (Å²) in [5, 5.41) is 6.43. The van der Waals surface area contributed by atoms with Crippen LogP contribution in [0.25, 0.3) is 11.5 Å². The molecule has 3 aromatic rings. The number of nitrogens with zero attached hydrogens (tertiary/aromatic N) is 2. The second-order valence-corrected chi connectivity index (χ2v) is 5.98. The topological polar surface area (TPSA) is 77.2 Å². The van der Waals surface area contributed by atoms with E-state index in [1.807, 2.05) is 55.5 Å². The van der Waals surface area contributed by atoms with Gasteiger partial charge in [-0.1, -0.05) is 37.3 Å². The number of ether oxygens (including phenoxy) is 1. The van der Waals surface area contributed by atoms with Gasteiger partial charge < -0.3 is 9.26 Å². The molecule has 6 nitrogen and oxygen atoms in total. The molecule has 1 amide bonds. The Morgan fingerprint density at radius 2 is 1.92 bits per heavy atom. The minimum Gasteiger partial charge on any atom is -0.481 e. The van der Waals surface area contributed by atoms with Gasteiger partial charge in [-0.2, -0.15) is 4.98 Å². The van der Waals surface area contributed by atoms with E-state index in [0.717, 1.165) is 17.5 Å². The first-order valence-corrected chi connectivity index (χ1v) is 8.53. The van der Waals surface area contributed by atoms with Crippen molar-refractivity contribution in [3.8, 4) is 17.2 Å². The first-order valence-electron chi connectivity index (χ1n) is 8.53. The molecule has 0 saturated heterocycles. The quantitative estimate of drug-likeness (QED) is 0.726. The summed E-state index contributed by atoms with van der Waals surface area (Å²) in [6.45, 7) is 5.71. The van der Waals surface area contributed by atoms with Crippen LogP contribution in [0.3, 0.4) is 0 Å². The number of aromatic nitrogens is 2. The average molecular weight is 351 g/mol. The molecule has 0 aliphatic heterocycles. The highest BCUT2D eigenvalue weighted by Crippen LogP contribution is 2.22. The van der Waals surface area contributed by atoms with E-state index in [1.54, 1.807) is 6.92 Å². The van der Waals surface area contributed by atoms with Crippen LogP contribution in [0.15, 0.2) is 53.1 Å². The summed E-state index contributed by atoms with van der Waals surface area (Å²) in [6.07, 6.45) is 0.264. The highest BCUT2D eigenvalue weighted by Gasteiger charge is 2.18. The number of aryl methyl sites for hydroxylation is 2. The predicted molar refractivity (Wildman–Crippen MR) is 99.0 cm³/mol. The summed E-state index contributed by atoms with van der Waals surface area (Å²) in [7, 11) is 0. The second kappa shape index (κ2) is 7.82. The zero-order chi connectivity index (χ0) is 18.5. The molecular formula is C20H21N3O3. The standard InChI is InChI=1S/C20H21N3O3/c1-4-15-9-11-16(12-10-15)25-14(3)18(24)21-20-22-19(26-23-20)17-8-6-5-7-13(17)2/h5-12,14H,4H2,1-3H3,(H,21,23,24). The Morgan fingerprint density at radius 3 is 2.62 bits per heavy atom. The summed E-state index contributed by atoms with van der Waals surface area (Å²) in [6, 6.07) is 15.3. The normalized spacial score (nSPS) is 11.8. The van der Waals surface area contributed by atoms with Gasteiger partial charge in [0, 0.05) is 5.56 Å². The van der Waals surface area contributed by atoms with Gasteiger partial charge in [-0.25, -0.2) is 0 Å². The summed E-state index contributed by atoms with van der Waals surface area (Å²) < 4.78 is 10.9. The third-order valence-corrected chi connectivity index (χ3v) is 4.05. The molecule has 26 heavy (non-hydrogen) atoms. The molecule has 0 fully saturated rings. The van der Waals surface area contributed by atoms with Gasteiger partial charge in [-0.3, -0.25) is 10.1 Å². The molecule has 1 atom stereocenters. The number of benzene rings is 2. The molecular weight excluding hydrogens is 330 g/mol. The maximum Gasteiger partial charge on any atom is 0.270 e. The molecule has 0 saturated carbocycles. The molecule has 0 spiro atoms. The highest BCUT2D eigenvalue weighted by atomic mass is 16.5. The van der Waals surface area contributed by atoms with E-state index < -0.39 is 6.10 Å². The van der Waals surface area contributed by atoms with Crippen molar-refractivity contribution >= 4 is 11.9 Å². The molecule has 0 aliphatic carbocycles. The number of rotatable bonds is 6. The van der Waals surface area contributed by atoms with E-state index in [1.165, 1.54) is 5.56 Å². The molecule has 1 unspecified atom stereocenters. The first-order chi connectivity index (χ1) is 12.6. The van der Waals surface area contributed by atoms with Crippen molar-refractivity contribution in [3.63, 3.8) is 0 Å². The van der Waals surface area contributed by atoms with Crippen molar-refractivity contribution in [3.05, 3.63) is 59.7 Å². The van der Waals surface area contributed by atoms with Crippen molar-refractivity contribution in [2.24, 2.45) is 0 Å². The fourth-order valence-corrected chi connectivity index (χ4v) is 2.47. The van der Waals surface area contributed by atoms with Crippen LogP contribution in [0.4, 0.5) is 5.95 Å². The van der Waals surface area contributed by atoms with Crippen LogP contribution in [0.2, 0.25) is 0 Å². The van der Waals surface area contributed by atoms with E-state index in [2.05, 4.69) is 22.4 Å². The van der Waals surface area contributed by atoms with Gasteiger partial charge >= 0.3 is 0 Å². The zero-order valence-electron chi connectivity index (χ0n) is 15.0. The Hall–Kier alpha value is -3.15. The molecule has 1 N–H and O–H groups in total. The van der Waals surface area contributed by atoms with Crippen LogP contribution >= 0.6 is 0 Å². The minimum absolute atomic E-state index is 0.116. The van der Waals surface area contributed by atoms with Crippen LogP contribution in [0, 0.1) is 6.92 Å². The maximum atomic E-state index is 12.3. The number of hydrogen-bond acceptors (Lipinski definition) is 5. The van der Waals surface area contributed by atoms with E-state index in [9.17, 15) is 4.79 Å². The Balaban J connectivity index is 1.63. The highest BCUT2D eigenvalue weighted by molar-refractivity contribution is 5.92. The van der Waals surface area contributed by atoms with Crippen molar-refractivity contribution < 1.29 is 14.1 Å². The Bertz CT molecular complexity index is 887. The lowest BCUT2D eigenvalue weighted by Gasteiger charge is -2.13. The molecule has 134 valence electrons. The van der Waals surface area contributed by atoms with Gasteiger partial charge in [-0.05, 0) is 54.8 Å². The van der Waals surface area contributed by atoms with Crippen LogP contribution in [0.5, 0.6) is 5.75 Å². The largest absolute Gasteiger partial charge is 0.481 e. The number of anilines is 1. The van der Waals surface area contributed by atoms with Gasteiger partial charge in [-0.15, -0.1) is 0 Å². The number of nitrogens with one attached hydrogen (secondary N) is 1. The molecule has 0 bridgehead atoms. The van der Waals surface area contributed by atoms with Crippen LogP contribution in [-0.4, -0.2) is 22.2 Å². The zero-order valence-corrected chi connectivity index (χ0v) is 15.0. The fraction of sp³-hybridized carbons (Fsp3) is 0.250.